The second-order valence-electron chi connectivity index (χ2n) is 4.29. The van der Waals surface area contributed by atoms with E-state index in [0.717, 1.165) is 11.1 Å². The first-order chi connectivity index (χ1) is 8.10. The first kappa shape index (κ1) is 11.6. The molecular formula is C13H15NO3. The van der Waals surface area contributed by atoms with Crippen LogP contribution in [-0.2, 0) is 9.59 Å². The van der Waals surface area contributed by atoms with E-state index in [9.17, 15) is 9.59 Å². The monoisotopic (exact) mass is 233 g/mol. The van der Waals surface area contributed by atoms with Gasteiger partial charge >= 0.3 is 0 Å². The van der Waals surface area contributed by atoms with Gasteiger partial charge in [0.1, 0.15) is 11.5 Å². The predicted molar refractivity (Wildman–Crippen MR) is 62.9 cm³/mol. The Morgan fingerprint density at radius 3 is 2.76 bits per heavy atom. The highest BCUT2D eigenvalue weighted by atomic mass is 16.5. The molecule has 1 aliphatic heterocycles. The molecule has 4 nitrogen and oxygen atoms in total. The molecule has 0 radical (unpaired) electrons. The van der Waals surface area contributed by atoms with Crippen LogP contribution in [0.1, 0.15) is 30.0 Å². The van der Waals surface area contributed by atoms with Crippen LogP contribution in [0.15, 0.2) is 18.2 Å². The Hall–Kier alpha value is -1.84. The number of Topliss-reactive ketones (excluding diaryl/α,β-unsaturated/α-hetero) is 1. The molecule has 1 aliphatic rings. The standard InChI is InChI=1S/C13H15NO3/c1-8-3-4-12(17-2)10(5-8)11-6-9(15)7-13(16)14-11/h3-5,11H,6-7H2,1-2H3,(H,14,16). The summed E-state index contributed by atoms with van der Waals surface area (Å²) in [5, 5.41) is 2.83. The van der Waals surface area contributed by atoms with Gasteiger partial charge in [-0.25, -0.2) is 0 Å². The zero-order valence-electron chi connectivity index (χ0n) is 9.95. The lowest BCUT2D eigenvalue weighted by atomic mass is 9.94. The van der Waals surface area contributed by atoms with Gasteiger partial charge in [-0.2, -0.15) is 0 Å². The van der Waals surface area contributed by atoms with Crippen LogP contribution >= 0.6 is 0 Å². The number of carbonyl (C=O) groups excluding carboxylic acids is 2. The average Bonchev–Trinajstić information content (AvgIpc) is 2.27. The number of benzene rings is 1. The van der Waals surface area contributed by atoms with Crippen LogP contribution in [-0.4, -0.2) is 18.8 Å². The molecule has 1 atom stereocenters. The van der Waals surface area contributed by atoms with Crippen molar-refractivity contribution in [3.8, 4) is 5.75 Å². The maximum absolute atomic E-state index is 11.4. The highest BCUT2D eigenvalue weighted by Gasteiger charge is 2.27. The van der Waals surface area contributed by atoms with E-state index in [1.807, 2.05) is 25.1 Å². The second-order valence-corrected chi connectivity index (χ2v) is 4.29. The van der Waals surface area contributed by atoms with Gasteiger partial charge in [-0.1, -0.05) is 17.7 Å². The summed E-state index contributed by atoms with van der Waals surface area (Å²) in [7, 11) is 1.58. The number of ether oxygens (including phenoxy) is 1. The molecule has 1 aromatic rings. The number of hydrogen-bond acceptors (Lipinski definition) is 3. The summed E-state index contributed by atoms with van der Waals surface area (Å²) < 4.78 is 5.26. The fourth-order valence-electron chi connectivity index (χ4n) is 2.09. The van der Waals surface area contributed by atoms with Crippen molar-refractivity contribution in [2.75, 3.05) is 7.11 Å². The van der Waals surface area contributed by atoms with E-state index in [0.29, 0.717) is 12.2 Å². The predicted octanol–water partition coefficient (Wildman–Crippen LogP) is 1.52. The Kier molecular flexibility index (Phi) is 3.13. The van der Waals surface area contributed by atoms with Gasteiger partial charge < -0.3 is 10.1 Å². The zero-order valence-corrected chi connectivity index (χ0v) is 9.95. The number of hydrogen-bond donors (Lipinski definition) is 1. The molecule has 1 aromatic carbocycles. The summed E-state index contributed by atoms with van der Waals surface area (Å²) in [6.45, 7) is 1.97. The van der Waals surface area contributed by atoms with Gasteiger partial charge in [-0.05, 0) is 13.0 Å². The molecule has 0 saturated carbocycles. The Balaban J connectivity index is 2.35. The Morgan fingerprint density at radius 1 is 1.35 bits per heavy atom. The molecule has 1 fully saturated rings. The molecule has 1 saturated heterocycles. The summed E-state index contributed by atoms with van der Waals surface area (Å²) in [5.74, 6) is 0.465. The third-order valence-electron chi connectivity index (χ3n) is 2.89. The van der Waals surface area contributed by atoms with Crippen molar-refractivity contribution in [3.05, 3.63) is 29.3 Å². The largest absolute Gasteiger partial charge is 0.496 e. The van der Waals surface area contributed by atoms with E-state index in [4.69, 9.17) is 4.74 Å². The smallest absolute Gasteiger partial charge is 0.227 e. The van der Waals surface area contributed by atoms with E-state index in [2.05, 4.69) is 5.32 Å². The van der Waals surface area contributed by atoms with Gasteiger partial charge in [0.15, 0.2) is 0 Å². The molecule has 17 heavy (non-hydrogen) atoms. The van der Waals surface area contributed by atoms with E-state index in [1.165, 1.54) is 0 Å². The van der Waals surface area contributed by atoms with Crippen LogP contribution in [0.4, 0.5) is 0 Å². The number of amides is 1. The van der Waals surface area contributed by atoms with E-state index in [1.54, 1.807) is 7.11 Å². The van der Waals surface area contributed by atoms with Crippen LogP contribution in [0.25, 0.3) is 0 Å². The van der Waals surface area contributed by atoms with Crippen molar-refractivity contribution < 1.29 is 14.3 Å². The SMILES string of the molecule is COc1ccc(C)cc1C1CC(=O)CC(=O)N1. The molecule has 1 heterocycles. The van der Waals surface area contributed by atoms with E-state index < -0.39 is 0 Å². The minimum Gasteiger partial charge on any atom is -0.496 e. The van der Waals surface area contributed by atoms with Crippen molar-refractivity contribution >= 4 is 11.7 Å². The quantitative estimate of drug-likeness (QED) is 0.788. The minimum absolute atomic E-state index is 0.00929. The average molecular weight is 233 g/mol. The molecule has 0 bridgehead atoms. The summed E-state index contributed by atoms with van der Waals surface area (Å²) >= 11 is 0. The van der Waals surface area contributed by atoms with Crippen molar-refractivity contribution in [2.24, 2.45) is 0 Å². The van der Waals surface area contributed by atoms with Crippen molar-refractivity contribution in [3.63, 3.8) is 0 Å². The van der Waals surface area contributed by atoms with Gasteiger partial charge in [0, 0.05) is 12.0 Å². The maximum Gasteiger partial charge on any atom is 0.227 e. The topological polar surface area (TPSA) is 55.4 Å². The number of piperidine rings is 1. The van der Waals surface area contributed by atoms with Crippen molar-refractivity contribution in [1.29, 1.82) is 0 Å². The first-order valence-corrected chi connectivity index (χ1v) is 5.55. The third-order valence-corrected chi connectivity index (χ3v) is 2.89. The highest BCUT2D eigenvalue weighted by Crippen LogP contribution is 2.30. The Bertz CT molecular complexity index is 452. The van der Waals surface area contributed by atoms with Crippen LogP contribution in [0.2, 0.25) is 0 Å². The minimum atomic E-state index is -0.265. The van der Waals surface area contributed by atoms with Crippen molar-refractivity contribution in [2.45, 2.75) is 25.8 Å². The fraction of sp³-hybridized carbons (Fsp3) is 0.385. The molecular weight excluding hydrogens is 218 g/mol. The Labute approximate surface area is 100.0 Å². The van der Waals surface area contributed by atoms with Gasteiger partial charge in [-0.3, -0.25) is 9.59 Å². The fourth-order valence-corrected chi connectivity index (χ4v) is 2.09. The lowest BCUT2D eigenvalue weighted by molar-refractivity contribution is -0.132. The third kappa shape index (κ3) is 2.46. The molecule has 0 aliphatic carbocycles. The lowest BCUT2D eigenvalue weighted by Gasteiger charge is -2.24. The van der Waals surface area contributed by atoms with Gasteiger partial charge in [-0.15, -0.1) is 0 Å². The molecule has 4 heteroatoms. The molecule has 0 spiro atoms. The normalized spacial score (nSPS) is 20.0. The first-order valence-electron chi connectivity index (χ1n) is 5.55. The zero-order chi connectivity index (χ0) is 12.4. The van der Waals surface area contributed by atoms with Crippen molar-refractivity contribution in [1.82, 2.24) is 5.32 Å². The van der Waals surface area contributed by atoms with Crippen LogP contribution in [0.5, 0.6) is 5.75 Å². The maximum atomic E-state index is 11.4. The summed E-state index contributed by atoms with van der Waals surface area (Å²) in [5.41, 5.74) is 1.95. The van der Waals surface area contributed by atoms with Gasteiger partial charge in [0.2, 0.25) is 5.91 Å². The van der Waals surface area contributed by atoms with Crippen LogP contribution < -0.4 is 10.1 Å². The van der Waals surface area contributed by atoms with Gasteiger partial charge in [0.05, 0.1) is 19.6 Å². The van der Waals surface area contributed by atoms with E-state index in [-0.39, 0.29) is 24.2 Å². The highest BCUT2D eigenvalue weighted by molar-refractivity contribution is 6.00. The number of rotatable bonds is 2. The summed E-state index contributed by atoms with van der Waals surface area (Å²) in [4.78, 5) is 22.8. The van der Waals surface area contributed by atoms with E-state index >= 15 is 0 Å². The number of aryl methyl sites for hydroxylation is 1. The Morgan fingerprint density at radius 2 is 2.12 bits per heavy atom. The molecule has 2 rings (SSSR count). The second kappa shape index (κ2) is 4.57. The molecule has 1 N–H and O–H groups in total. The number of carbonyl (C=O) groups is 2. The molecule has 90 valence electrons. The number of nitrogens with one attached hydrogen (secondary N) is 1. The lowest BCUT2D eigenvalue weighted by Crippen LogP contribution is -2.37. The molecule has 1 amide bonds. The van der Waals surface area contributed by atoms with Gasteiger partial charge in [0.25, 0.3) is 0 Å². The van der Waals surface area contributed by atoms with Crippen LogP contribution in [0.3, 0.4) is 0 Å². The summed E-state index contributed by atoms with van der Waals surface area (Å²) in [6, 6.07) is 5.48. The number of methoxy groups -OCH3 is 1. The molecule has 0 aromatic heterocycles. The molecule has 1 unspecified atom stereocenters. The number of ketones is 1. The summed E-state index contributed by atoms with van der Waals surface area (Å²) in [6.07, 6.45) is 0.330. The van der Waals surface area contributed by atoms with Crippen LogP contribution in [0, 0.1) is 6.92 Å².